The fourth-order valence-electron chi connectivity index (χ4n) is 6.88. The predicted molar refractivity (Wildman–Crippen MR) is 125 cm³/mol. The zero-order valence-electron chi connectivity index (χ0n) is 19.3. The van der Waals surface area contributed by atoms with Gasteiger partial charge in [-0.1, -0.05) is 25.1 Å². The Morgan fingerprint density at radius 2 is 1.78 bits per heavy atom. The summed E-state index contributed by atoms with van der Waals surface area (Å²) in [5, 5.41) is 15.9. The Balaban J connectivity index is 0.00000245. The number of benzene rings is 1. The number of anilines is 1. The van der Waals surface area contributed by atoms with Gasteiger partial charge in [-0.05, 0) is 91.4 Å². The van der Waals surface area contributed by atoms with E-state index in [1.807, 2.05) is 0 Å². The van der Waals surface area contributed by atoms with Crippen LogP contribution in [0, 0.1) is 16.7 Å². The van der Waals surface area contributed by atoms with E-state index in [4.69, 9.17) is 0 Å². The minimum Gasteiger partial charge on any atom is -0.411 e. The number of carbonyl (C=O) groups excluding carboxylic acids is 1. The van der Waals surface area contributed by atoms with Gasteiger partial charge in [0.15, 0.2) is 0 Å². The van der Waals surface area contributed by atoms with Gasteiger partial charge in [-0.2, -0.15) is 0 Å². The fraction of sp³-hybridized carbons (Fsp3) is 0.652. The Morgan fingerprint density at radius 1 is 1.16 bits per heavy atom. The molecule has 2 atom stereocenters. The van der Waals surface area contributed by atoms with Gasteiger partial charge in [0.1, 0.15) is 0 Å². The van der Waals surface area contributed by atoms with Crippen LogP contribution in [0.1, 0.15) is 68.2 Å². The minimum absolute atomic E-state index is 0. The molecule has 5 rings (SSSR count). The van der Waals surface area contributed by atoms with E-state index in [0.717, 1.165) is 61.8 Å². The number of urea groups is 1. The number of aryl methyl sites for hydroxylation is 2. The van der Waals surface area contributed by atoms with Crippen molar-refractivity contribution >= 4 is 78.8 Å². The Labute approximate surface area is 232 Å². The van der Waals surface area contributed by atoms with Crippen LogP contribution in [0.2, 0.25) is 0 Å². The van der Waals surface area contributed by atoms with E-state index in [1.165, 1.54) is 11.1 Å². The van der Waals surface area contributed by atoms with Gasteiger partial charge < -0.3 is 10.5 Å². The van der Waals surface area contributed by atoms with Gasteiger partial charge in [-0.15, -0.1) is 0 Å². The molecule has 2 fully saturated rings. The molecule has 0 aromatic heterocycles. The number of rotatable bonds is 4. The molecule has 0 aliphatic heterocycles. The summed E-state index contributed by atoms with van der Waals surface area (Å²) >= 11 is 0. The smallest absolute Gasteiger partial charge is 0.332 e. The SMILES string of the molecule is CC1(C)C2CC[C@@]1(CS(=O)(=O)NC(=O)Nc1c3c(cc4c1CCC4)CCC3)/C(=N/O)C2.[K]. The molecule has 0 spiro atoms. The minimum atomic E-state index is -3.92. The van der Waals surface area contributed by atoms with Crippen LogP contribution in [0.3, 0.4) is 0 Å². The number of nitrogens with zero attached hydrogens (tertiary/aromatic N) is 1. The molecule has 9 heteroatoms. The molecule has 169 valence electrons. The third kappa shape index (κ3) is 3.81. The molecule has 2 bridgehead atoms. The van der Waals surface area contributed by atoms with Crippen LogP contribution in [0.5, 0.6) is 0 Å². The molecule has 4 aliphatic rings. The largest absolute Gasteiger partial charge is 0.411 e. The summed E-state index contributed by atoms with van der Waals surface area (Å²) < 4.78 is 28.4. The van der Waals surface area contributed by atoms with Crippen LogP contribution in [0.25, 0.3) is 0 Å². The first kappa shape index (κ1) is 24.7. The molecule has 4 aliphatic carbocycles. The van der Waals surface area contributed by atoms with E-state index in [0.29, 0.717) is 24.5 Å². The molecule has 32 heavy (non-hydrogen) atoms. The molecule has 2 amide bonds. The second-order valence-electron chi connectivity index (χ2n) is 10.3. The number of oxime groups is 1. The van der Waals surface area contributed by atoms with E-state index in [2.05, 4.69) is 35.1 Å². The average molecular weight is 485 g/mol. The van der Waals surface area contributed by atoms with Crippen molar-refractivity contribution in [1.82, 2.24) is 4.72 Å². The molecule has 2 saturated carbocycles. The van der Waals surface area contributed by atoms with Crippen molar-refractivity contribution in [1.29, 1.82) is 0 Å². The zero-order valence-corrected chi connectivity index (χ0v) is 23.2. The van der Waals surface area contributed by atoms with E-state index < -0.39 is 21.5 Å². The third-order valence-corrected chi connectivity index (χ3v) is 10.1. The second kappa shape index (κ2) is 8.64. The molecule has 1 aromatic carbocycles. The van der Waals surface area contributed by atoms with Gasteiger partial charge >= 0.3 is 6.03 Å². The summed E-state index contributed by atoms with van der Waals surface area (Å²) in [6, 6.07) is 1.58. The standard InChI is InChI=1S/C23H31N3O4S.K/c1-22(2)16-9-10-23(22,19(12-16)25-28)13-31(29,30)26-21(27)24-20-17-7-3-5-14(17)11-15-6-4-8-18(15)20;/h11,16,28H,3-10,12-13H2,1-2H3,(H2,24,26,27);/b25-19+;/t16?,23-;/m1./s1. The molecule has 0 saturated heterocycles. The molecule has 1 radical (unpaired) electrons. The van der Waals surface area contributed by atoms with Gasteiger partial charge in [0.25, 0.3) is 0 Å². The van der Waals surface area contributed by atoms with Crippen LogP contribution in [-0.4, -0.2) is 82.5 Å². The summed E-state index contributed by atoms with van der Waals surface area (Å²) in [6.07, 6.45) is 8.18. The molecule has 7 nitrogen and oxygen atoms in total. The van der Waals surface area contributed by atoms with Gasteiger partial charge in [-0.3, -0.25) is 0 Å². The maximum Gasteiger partial charge on any atom is 0.332 e. The van der Waals surface area contributed by atoms with E-state index in [9.17, 15) is 18.4 Å². The number of amides is 2. The van der Waals surface area contributed by atoms with Crippen LogP contribution < -0.4 is 10.0 Å². The summed E-state index contributed by atoms with van der Waals surface area (Å²) in [7, 11) is -3.92. The first-order valence-electron chi connectivity index (χ1n) is 11.4. The molecule has 3 N–H and O–H groups in total. The van der Waals surface area contributed by atoms with Crippen LogP contribution in [-0.2, 0) is 35.7 Å². The summed E-state index contributed by atoms with van der Waals surface area (Å²) in [6.45, 7) is 4.10. The summed E-state index contributed by atoms with van der Waals surface area (Å²) in [5.41, 5.74) is 5.26. The third-order valence-electron chi connectivity index (χ3n) is 8.68. The maximum absolute atomic E-state index is 13.1. The van der Waals surface area contributed by atoms with Crippen LogP contribution in [0.4, 0.5) is 10.5 Å². The molecular weight excluding hydrogens is 453 g/mol. The monoisotopic (exact) mass is 484 g/mol. The number of fused-ring (bicyclic) bond motifs is 4. The summed E-state index contributed by atoms with van der Waals surface area (Å²) in [5.74, 6) is 0.0679. The quantitative estimate of drug-likeness (QED) is 0.346. The normalized spacial score (nSPS) is 28.3. The van der Waals surface area contributed by atoms with E-state index in [1.54, 1.807) is 0 Å². The van der Waals surface area contributed by atoms with Gasteiger partial charge in [0.2, 0.25) is 10.0 Å². The number of sulfonamides is 1. The Bertz CT molecular complexity index is 1070. The zero-order chi connectivity index (χ0) is 22.0. The average Bonchev–Trinajstić information content (AvgIpc) is 3.43. The first-order chi connectivity index (χ1) is 14.7. The van der Waals surface area contributed by atoms with Crippen molar-refractivity contribution in [2.24, 2.45) is 21.9 Å². The number of nitrogens with one attached hydrogen (secondary N) is 2. The van der Waals surface area contributed by atoms with E-state index in [-0.39, 0.29) is 62.6 Å². The van der Waals surface area contributed by atoms with E-state index >= 15 is 0 Å². The van der Waals surface area contributed by atoms with Crippen molar-refractivity contribution < 1.29 is 18.4 Å². The van der Waals surface area contributed by atoms with Gasteiger partial charge in [0.05, 0.1) is 11.5 Å². The molecule has 1 aromatic rings. The van der Waals surface area contributed by atoms with Crippen molar-refractivity contribution in [3.05, 3.63) is 28.3 Å². The van der Waals surface area contributed by atoms with Crippen molar-refractivity contribution in [3.8, 4) is 0 Å². The van der Waals surface area contributed by atoms with Crippen molar-refractivity contribution in [2.45, 2.75) is 71.6 Å². The number of hydrogen-bond acceptors (Lipinski definition) is 5. The molecular formula is C23H31KN3O4S. The topological polar surface area (TPSA) is 108 Å². The van der Waals surface area contributed by atoms with Gasteiger partial charge in [-0.25, -0.2) is 17.9 Å². The maximum atomic E-state index is 13.1. The van der Waals surface area contributed by atoms with Crippen molar-refractivity contribution in [3.63, 3.8) is 0 Å². The number of hydrogen-bond donors (Lipinski definition) is 3. The second-order valence-corrected chi connectivity index (χ2v) is 12.1. The summed E-state index contributed by atoms with van der Waals surface area (Å²) in [4.78, 5) is 12.8. The molecule has 0 heterocycles. The van der Waals surface area contributed by atoms with Gasteiger partial charge in [0, 0.05) is 62.5 Å². The van der Waals surface area contributed by atoms with Crippen LogP contribution >= 0.6 is 0 Å². The van der Waals surface area contributed by atoms with Crippen molar-refractivity contribution in [2.75, 3.05) is 11.1 Å². The Morgan fingerprint density at radius 3 is 2.34 bits per heavy atom. The molecule has 1 unspecified atom stereocenters. The first-order valence-corrected chi connectivity index (χ1v) is 13.0. The number of carbonyl (C=O) groups is 1. The Hall–Kier alpha value is -0.454. The Kier molecular flexibility index (Phi) is 6.66. The van der Waals surface area contributed by atoms with Crippen LogP contribution in [0.15, 0.2) is 11.2 Å². The predicted octanol–water partition coefficient (Wildman–Crippen LogP) is 3.39. The fourth-order valence-corrected chi connectivity index (χ4v) is 8.62.